The zero-order chi connectivity index (χ0) is 12.1. The van der Waals surface area contributed by atoms with Gasteiger partial charge in [-0.25, -0.2) is 0 Å². The third kappa shape index (κ3) is 3.50. The smallest absolute Gasteiger partial charge is 0.118 e. The maximum Gasteiger partial charge on any atom is 0.118 e. The van der Waals surface area contributed by atoms with Crippen LogP contribution in [-0.2, 0) is 0 Å². The molecule has 1 aromatic carbocycles. The van der Waals surface area contributed by atoms with Gasteiger partial charge in [0.1, 0.15) is 5.75 Å². The summed E-state index contributed by atoms with van der Waals surface area (Å²) < 4.78 is 5.18. The molecule has 2 rings (SSSR count). The van der Waals surface area contributed by atoms with Gasteiger partial charge in [0.15, 0.2) is 0 Å². The van der Waals surface area contributed by atoms with E-state index in [1.807, 2.05) is 12.1 Å². The van der Waals surface area contributed by atoms with Crippen molar-refractivity contribution < 1.29 is 4.74 Å². The van der Waals surface area contributed by atoms with Gasteiger partial charge in [-0.1, -0.05) is 23.8 Å². The molecule has 2 nitrogen and oxygen atoms in total. The van der Waals surface area contributed by atoms with Gasteiger partial charge in [-0.05, 0) is 43.4 Å². The van der Waals surface area contributed by atoms with E-state index in [9.17, 15) is 0 Å². The van der Waals surface area contributed by atoms with Crippen molar-refractivity contribution in [2.45, 2.75) is 31.6 Å². The molecule has 3 heteroatoms. The quantitative estimate of drug-likeness (QED) is 0.845. The first kappa shape index (κ1) is 15.1. The topological polar surface area (TPSA) is 35.2 Å². The first-order valence-electron chi connectivity index (χ1n) is 6.38. The van der Waals surface area contributed by atoms with Crippen LogP contribution >= 0.6 is 12.4 Å². The van der Waals surface area contributed by atoms with E-state index in [0.29, 0.717) is 12.5 Å². The summed E-state index contributed by atoms with van der Waals surface area (Å²) in [5.74, 6) is 1.29. The molecule has 1 aliphatic rings. The van der Waals surface area contributed by atoms with Crippen LogP contribution in [0.1, 0.15) is 37.2 Å². The van der Waals surface area contributed by atoms with Crippen molar-refractivity contribution in [2.24, 2.45) is 5.73 Å². The Hall–Kier alpha value is -0.990. The van der Waals surface area contributed by atoms with Crippen LogP contribution in [-0.4, -0.2) is 13.7 Å². The van der Waals surface area contributed by atoms with Gasteiger partial charge in [0.05, 0.1) is 7.11 Å². The molecule has 0 bridgehead atoms. The zero-order valence-corrected chi connectivity index (χ0v) is 11.7. The van der Waals surface area contributed by atoms with Crippen molar-refractivity contribution in [1.29, 1.82) is 0 Å². The molecule has 1 aliphatic carbocycles. The molecule has 0 amide bonds. The second kappa shape index (κ2) is 7.45. The summed E-state index contributed by atoms with van der Waals surface area (Å²) in [7, 11) is 1.69. The predicted octanol–water partition coefficient (Wildman–Crippen LogP) is 3.66. The van der Waals surface area contributed by atoms with Crippen LogP contribution in [0, 0.1) is 0 Å². The van der Waals surface area contributed by atoms with Gasteiger partial charge in [0.25, 0.3) is 0 Å². The highest BCUT2D eigenvalue weighted by Gasteiger charge is 2.16. The summed E-state index contributed by atoms with van der Waals surface area (Å²) >= 11 is 0. The van der Waals surface area contributed by atoms with Gasteiger partial charge in [-0.15, -0.1) is 12.4 Å². The maximum atomic E-state index is 5.93. The van der Waals surface area contributed by atoms with E-state index >= 15 is 0 Å². The Balaban J connectivity index is 0.00000162. The molecule has 0 aromatic heterocycles. The largest absolute Gasteiger partial charge is 0.497 e. The third-order valence-corrected chi connectivity index (χ3v) is 3.53. The van der Waals surface area contributed by atoms with Crippen LogP contribution in [0.25, 0.3) is 0 Å². The second-order valence-electron chi connectivity index (χ2n) is 4.59. The molecule has 0 saturated heterocycles. The van der Waals surface area contributed by atoms with Crippen LogP contribution in [0.15, 0.2) is 35.9 Å². The molecule has 2 N–H and O–H groups in total. The molecule has 0 radical (unpaired) electrons. The first-order chi connectivity index (χ1) is 8.35. The van der Waals surface area contributed by atoms with Crippen molar-refractivity contribution in [2.75, 3.05) is 13.7 Å². The van der Waals surface area contributed by atoms with Gasteiger partial charge in [0, 0.05) is 12.5 Å². The molecule has 18 heavy (non-hydrogen) atoms. The van der Waals surface area contributed by atoms with Gasteiger partial charge in [-0.3, -0.25) is 0 Å². The standard InChI is InChI=1S/C15H21NO.ClH/c1-17-14-9-7-13(8-10-14)15(11-16)12-5-3-2-4-6-12;/h5,7-10,15H,2-4,6,11,16H2,1H3;1H. The van der Waals surface area contributed by atoms with Crippen LogP contribution in [0.4, 0.5) is 0 Å². The average Bonchev–Trinajstić information content (AvgIpc) is 2.42. The van der Waals surface area contributed by atoms with Crippen molar-refractivity contribution >= 4 is 12.4 Å². The second-order valence-corrected chi connectivity index (χ2v) is 4.59. The van der Waals surface area contributed by atoms with E-state index in [2.05, 4.69) is 18.2 Å². The third-order valence-electron chi connectivity index (χ3n) is 3.53. The minimum Gasteiger partial charge on any atom is -0.497 e. The van der Waals surface area contributed by atoms with Gasteiger partial charge in [0.2, 0.25) is 0 Å². The Labute approximate surface area is 116 Å². The molecular weight excluding hydrogens is 246 g/mol. The lowest BCUT2D eigenvalue weighted by Crippen LogP contribution is -2.16. The molecule has 1 atom stereocenters. The number of halogens is 1. The van der Waals surface area contributed by atoms with E-state index in [1.165, 1.54) is 36.8 Å². The molecule has 100 valence electrons. The molecule has 0 spiro atoms. The fourth-order valence-corrected chi connectivity index (χ4v) is 2.52. The van der Waals surface area contributed by atoms with Crippen molar-refractivity contribution in [3.8, 4) is 5.75 Å². The number of benzene rings is 1. The molecule has 0 fully saturated rings. The Kier molecular flexibility index (Phi) is 6.23. The fraction of sp³-hybridized carbons (Fsp3) is 0.467. The van der Waals surface area contributed by atoms with Crippen LogP contribution in [0.2, 0.25) is 0 Å². The summed E-state index contributed by atoms with van der Waals surface area (Å²) in [4.78, 5) is 0. The highest BCUT2D eigenvalue weighted by atomic mass is 35.5. The molecule has 0 aliphatic heterocycles. The predicted molar refractivity (Wildman–Crippen MR) is 78.6 cm³/mol. The first-order valence-corrected chi connectivity index (χ1v) is 6.38. The number of nitrogens with two attached hydrogens (primary N) is 1. The van der Waals surface area contributed by atoms with Gasteiger partial charge < -0.3 is 10.5 Å². The van der Waals surface area contributed by atoms with Crippen LogP contribution in [0.3, 0.4) is 0 Å². The molecule has 0 saturated carbocycles. The summed E-state index contributed by atoms with van der Waals surface area (Å²) in [6, 6.07) is 8.29. The van der Waals surface area contributed by atoms with Crippen molar-refractivity contribution in [3.05, 3.63) is 41.5 Å². The highest BCUT2D eigenvalue weighted by Crippen LogP contribution is 2.31. The van der Waals surface area contributed by atoms with E-state index in [-0.39, 0.29) is 12.4 Å². The number of methoxy groups -OCH3 is 1. The SMILES string of the molecule is COc1ccc(C(CN)C2=CCCCC2)cc1.Cl. The van der Waals surface area contributed by atoms with Crippen LogP contribution < -0.4 is 10.5 Å². The normalized spacial score (nSPS) is 16.4. The molecule has 1 unspecified atom stereocenters. The molecule has 1 aromatic rings. The molecule has 0 heterocycles. The highest BCUT2D eigenvalue weighted by molar-refractivity contribution is 5.85. The number of hydrogen-bond acceptors (Lipinski definition) is 2. The Morgan fingerprint density at radius 3 is 2.44 bits per heavy atom. The Bertz CT molecular complexity index is 386. The summed E-state index contributed by atoms with van der Waals surface area (Å²) in [6.07, 6.45) is 7.42. The monoisotopic (exact) mass is 267 g/mol. The van der Waals surface area contributed by atoms with E-state index in [0.717, 1.165) is 5.75 Å². The Morgan fingerprint density at radius 1 is 1.22 bits per heavy atom. The zero-order valence-electron chi connectivity index (χ0n) is 10.9. The van der Waals surface area contributed by atoms with Crippen LogP contribution in [0.5, 0.6) is 5.75 Å². The maximum absolute atomic E-state index is 5.93. The Morgan fingerprint density at radius 2 is 1.94 bits per heavy atom. The van der Waals surface area contributed by atoms with Gasteiger partial charge >= 0.3 is 0 Å². The minimum absolute atomic E-state index is 0. The van der Waals surface area contributed by atoms with E-state index in [1.54, 1.807) is 7.11 Å². The number of hydrogen-bond donors (Lipinski definition) is 1. The average molecular weight is 268 g/mol. The lowest BCUT2D eigenvalue weighted by atomic mass is 9.84. The van der Waals surface area contributed by atoms with E-state index < -0.39 is 0 Å². The number of rotatable bonds is 4. The van der Waals surface area contributed by atoms with Crippen molar-refractivity contribution in [3.63, 3.8) is 0 Å². The van der Waals surface area contributed by atoms with E-state index in [4.69, 9.17) is 10.5 Å². The molecular formula is C15H22ClNO. The number of allylic oxidation sites excluding steroid dienone is 1. The fourth-order valence-electron chi connectivity index (χ4n) is 2.52. The summed E-state index contributed by atoms with van der Waals surface area (Å²) in [5.41, 5.74) is 8.76. The van der Waals surface area contributed by atoms with Crippen molar-refractivity contribution in [1.82, 2.24) is 0 Å². The summed E-state index contributed by atoms with van der Waals surface area (Å²) in [6.45, 7) is 0.693. The lowest BCUT2D eigenvalue weighted by Gasteiger charge is -2.22. The number of ether oxygens (including phenoxy) is 1. The summed E-state index contributed by atoms with van der Waals surface area (Å²) in [5, 5.41) is 0. The lowest BCUT2D eigenvalue weighted by molar-refractivity contribution is 0.414. The minimum atomic E-state index is 0. The van der Waals surface area contributed by atoms with Gasteiger partial charge in [-0.2, -0.15) is 0 Å².